The van der Waals surface area contributed by atoms with Crippen LogP contribution in [0.4, 0.5) is 26.3 Å². The summed E-state index contributed by atoms with van der Waals surface area (Å²) in [7, 11) is -24.6. The second kappa shape index (κ2) is 10.2. The van der Waals surface area contributed by atoms with Gasteiger partial charge in [0.05, 0.1) is 9.79 Å². The second-order valence-electron chi connectivity index (χ2n) is 8.39. The second-order valence-corrected chi connectivity index (χ2v) is 15.6. The van der Waals surface area contributed by atoms with Gasteiger partial charge in [-0.1, -0.05) is 68.9 Å². The maximum Gasteiger partial charge on any atom is 0.512 e. The molecule has 4 aromatic carbocycles. The van der Waals surface area contributed by atoms with E-state index in [0.29, 0.717) is 20.4 Å². The molecular weight excluding hydrogens is 663 g/mol. The minimum atomic E-state index is -6.55. The molecule has 42 heavy (non-hydrogen) atoms. The highest BCUT2D eigenvalue weighted by Crippen LogP contribution is 2.43. The van der Waals surface area contributed by atoms with Crippen molar-refractivity contribution in [3.63, 3.8) is 0 Å². The Morgan fingerprint density at radius 2 is 0.762 bits per heavy atom. The van der Waals surface area contributed by atoms with Crippen LogP contribution in [0.2, 0.25) is 0 Å². The average molecular weight is 677 g/mol. The summed E-state index contributed by atoms with van der Waals surface area (Å²) in [5.41, 5.74) is -13.7. The van der Waals surface area contributed by atoms with E-state index >= 15 is 0 Å². The van der Waals surface area contributed by atoms with Crippen LogP contribution in [0.25, 0.3) is 32.7 Å². The van der Waals surface area contributed by atoms with E-state index in [2.05, 4.69) is 0 Å². The first-order chi connectivity index (χ1) is 19.1. The third-order valence-corrected chi connectivity index (χ3v) is 12.2. The topological polar surface area (TPSA) is 161 Å². The lowest BCUT2D eigenvalue weighted by atomic mass is 9.94. The van der Waals surface area contributed by atoms with Crippen molar-refractivity contribution in [2.24, 2.45) is 0 Å². The van der Waals surface area contributed by atoms with Crippen LogP contribution >= 0.6 is 0 Å². The zero-order valence-corrected chi connectivity index (χ0v) is 23.4. The fourth-order valence-corrected chi connectivity index (χ4v) is 9.18. The van der Waals surface area contributed by atoms with E-state index in [-0.39, 0.29) is 21.5 Å². The fraction of sp³-hybridized carbons (Fsp3) is 0.0909. The molecule has 0 bridgehead atoms. The van der Waals surface area contributed by atoms with Crippen LogP contribution in [-0.4, -0.2) is 44.7 Å². The summed E-state index contributed by atoms with van der Waals surface area (Å²) in [5, 5.41) is -0.123. The molecule has 20 heteroatoms. The van der Waals surface area contributed by atoms with E-state index in [4.69, 9.17) is 0 Å². The molecule has 0 radical (unpaired) electrons. The standard InChI is InChI=1S/C22H14F6N2O8S4/c23-21(24,25)41(35,36)29-39(31,32)17-11-9-13-5-1-3-7-15(13)19(17)20-16-8-4-2-6-14(16)10-12-18(20)40(33,34)30-42(37,38)22(26,27)28/h1-12,29-30H. The molecule has 0 aromatic heterocycles. The molecular formula is C22H14F6N2O8S4. The predicted octanol–water partition coefficient (Wildman–Crippen LogP) is 3.92. The normalized spacial score (nSPS) is 14.0. The van der Waals surface area contributed by atoms with Crippen LogP contribution in [0.15, 0.2) is 82.6 Å². The number of halogens is 6. The lowest BCUT2D eigenvalue weighted by Crippen LogP contribution is -2.40. The summed E-state index contributed by atoms with van der Waals surface area (Å²) in [4.78, 5) is -2.44. The van der Waals surface area contributed by atoms with E-state index in [1.54, 1.807) is 0 Å². The molecule has 0 saturated carbocycles. The molecule has 0 fully saturated rings. The summed E-state index contributed by atoms with van der Waals surface area (Å²) in [6.45, 7) is 0. The third-order valence-electron chi connectivity index (χ3n) is 5.66. The number of nitrogens with one attached hydrogen (secondary N) is 2. The van der Waals surface area contributed by atoms with Gasteiger partial charge in [-0.05, 0) is 33.7 Å². The average Bonchev–Trinajstić information content (AvgIpc) is 2.84. The number of sulfonamides is 4. The van der Waals surface area contributed by atoms with E-state index in [1.165, 1.54) is 48.5 Å². The number of fused-ring (bicyclic) bond motifs is 2. The van der Waals surface area contributed by atoms with Crippen LogP contribution < -0.4 is 8.25 Å². The molecule has 0 unspecified atom stereocenters. The minimum Gasteiger partial charge on any atom is -0.206 e. The molecule has 0 saturated heterocycles. The predicted molar refractivity (Wildman–Crippen MR) is 137 cm³/mol. The molecule has 4 aromatic rings. The van der Waals surface area contributed by atoms with E-state index in [1.807, 2.05) is 0 Å². The van der Waals surface area contributed by atoms with Crippen molar-refractivity contribution in [1.29, 1.82) is 0 Å². The van der Waals surface area contributed by atoms with Gasteiger partial charge in [0.1, 0.15) is 0 Å². The molecule has 0 aliphatic heterocycles. The van der Waals surface area contributed by atoms with Crippen LogP contribution in [-0.2, 0) is 40.1 Å². The molecule has 0 heterocycles. The molecule has 10 nitrogen and oxygen atoms in total. The van der Waals surface area contributed by atoms with Crippen molar-refractivity contribution in [1.82, 2.24) is 8.25 Å². The maximum absolute atomic E-state index is 13.2. The monoisotopic (exact) mass is 676 g/mol. The summed E-state index contributed by atoms with van der Waals surface area (Å²) in [6.07, 6.45) is 0. The Hall–Kier alpha value is -3.30. The summed E-state index contributed by atoms with van der Waals surface area (Å²) in [5.74, 6) is 0. The van der Waals surface area contributed by atoms with Crippen LogP contribution in [0, 0.1) is 0 Å². The summed E-state index contributed by atoms with van der Waals surface area (Å²) < 4.78 is 179. The van der Waals surface area contributed by atoms with Gasteiger partial charge < -0.3 is 0 Å². The number of benzene rings is 4. The van der Waals surface area contributed by atoms with Crippen LogP contribution in [0.5, 0.6) is 0 Å². The first-order valence-electron chi connectivity index (χ1n) is 10.8. The van der Waals surface area contributed by atoms with Crippen molar-refractivity contribution < 1.29 is 60.0 Å². The molecule has 0 aliphatic carbocycles. The number of alkyl halides is 6. The highest BCUT2D eigenvalue weighted by atomic mass is 32.3. The quantitative estimate of drug-likeness (QED) is 0.279. The van der Waals surface area contributed by atoms with Crippen molar-refractivity contribution in [2.75, 3.05) is 0 Å². The Morgan fingerprint density at radius 1 is 0.452 bits per heavy atom. The highest BCUT2D eigenvalue weighted by molar-refractivity contribution is 8.05. The zero-order valence-electron chi connectivity index (χ0n) is 20.1. The van der Waals surface area contributed by atoms with Gasteiger partial charge in [0.15, 0.2) is 0 Å². The molecule has 2 N–H and O–H groups in total. The van der Waals surface area contributed by atoms with Gasteiger partial charge >= 0.3 is 31.1 Å². The van der Waals surface area contributed by atoms with E-state index in [0.717, 1.165) is 12.1 Å². The number of hydrogen-bond donors (Lipinski definition) is 2. The van der Waals surface area contributed by atoms with Gasteiger partial charge in [-0.2, -0.15) is 26.3 Å². The summed E-state index contributed by atoms with van der Waals surface area (Å²) in [6, 6.07) is 14.0. The Bertz CT molecular complexity index is 2020. The minimum absolute atomic E-state index is 0.136. The molecule has 0 aliphatic rings. The van der Waals surface area contributed by atoms with E-state index < -0.39 is 72.0 Å². The van der Waals surface area contributed by atoms with Crippen molar-refractivity contribution in [2.45, 2.75) is 20.8 Å². The van der Waals surface area contributed by atoms with Gasteiger partial charge in [0.2, 0.25) is 0 Å². The maximum atomic E-state index is 13.2. The number of rotatable bonds is 7. The van der Waals surface area contributed by atoms with Gasteiger partial charge in [0.25, 0.3) is 20.0 Å². The smallest absolute Gasteiger partial charge is 0.206 e. The fourth-order valence-electron chi connectivity index (χ4n) is 3.94. The Labute approximate surface area is 234 Å². The lowest BCUT2D eigenvalue weighted by Gasteiger charge is -2.20. The number of hydrogen-bond acceptors (Lipinski definition) is 8. The zero-order chi connectivity index (χ0) is 31.5. The van der Waals surface area contributed by atoms with Crippen molar-refractivity contribution in [3.8, 4) is 11.1 Å². The first kappa shape index (κ1) is 31.6. The molecule has 226 valence electrons. The summed E-state index contributed by atoms with van der Waals surface area (Å²) >= 11 is 0. The van der Waals surface area contributed by atoms with E-state index in [9.17, 15) is 60.0 Å². The SMILES string of the molecule is O=S(=O)(NS(=O)(=O)C(F)(F)F)c1ccc2ccccc2c1-c1c(S(=O)(=O)NS(=O)(=O)C(F)(F)F)ccc2ccccc12. The van der Waals surface area contributed by atoms with Crippen LogP contribution in [0.1, 0.15) is 0 Å². The van der Waals surface area contributed by atoms with Gasteiger partial charge in [0, 0.05) is 11.1 Å². The van der Waals surface area contributed by atoms with Crippen molar-refractivity contribution >= 4 is 61.6 Å². The molecule has 0 spiro atoms. The van der Waals surface area contributed by atoms with Gasteiger partial charge in [-0.3, -0.25) is 0 Å². The third kappa shape index (κ3) is 5.69. The first-order valence-corrected chi connectivity index (χ1v) is 16.8. The van der Waals surface area contributed by atoms with Crippen molar-refractivity contribution in [3.05, 3.63) is 72.8 Å². The van der Waals surface area contributed by atoms with Crippen LogP contribution in [0.3, 0.4) is 0 Å². The molecule has 0 amide bonds. The Kier molecular flexibility index (Phi) is 7.65. The van der Waals surface area contributed by atoms with Gasteiger partial charge in [-0.25, -0.2) is 33.7 Å². The Morgan fingerprint density at radius 3 is 1.07 bits per heavy atom. The highest BCUT2D eigenvalue weighted by Gasteiger charge is 2.50. The Balaban J connectivity index is 2.18. The molecule has 4 rings (SSSR count). The lowest BCUT2D eigenvalue weighted by molar-refractivity contribution is -0.0447. The van der Waals surface area contributed by atoms with Gasteiger partial charge in [-0.15, -0.1) is 0 Å². The largest absolute Gasteiger partial charge is 0.512 e. The molecule has 0 atom stereocenters.